The molecule has 3 atom stereocenters. The second kappa shape index (κ2) is 6.62. The number of fused-ring (bicyclic) bond motifs is 2. The van der Waals surface area contributed by atoms with Gasteiger partial charge in [-0.05, 0) is 43.5 Å². The van der Waals surface area contributed by atoms with Crippen molar-refractivity contribution in [1.29, 1.82) is 0 Å². The van der Waals surface area contributed by atoms with E-state index in [9.17, 15) is 18.0 Å². The maximum atomic E-state index is 12.5. The van der Waals surface area contributed by atoms with Gasteiger partial charge < -0.3 is 15.2 Å². The molecule has 138 valence electrons. The van der Waals surface area contributed by atoms with Crippen LogP contribution in [0.1, 0.15) is 35.4 Å². The van der Waals surface area contributed by atoms with Crippen LogP contribution in [0.2, 0.25) is 0 Å². The fourth-order valence-electron chi connectivity index (χ4n) is 3.47. The van der Waals surface area contributed by atoms with Crippen LogP contribution in [0.4, 0.5) is 13.2 Å². The van der Waals surface area contributed by atoms with Gasteiger partial charge >= 0.3 is 6.18 Å². The van der Waals surface area contributed by atoms with Crippen molar-refractivity contribution in [2.45, 2.75) is 53.5 Å². The molecule has 4 rings (SSSR count). The van der Waals surface area contributed by atoms with Crippen LogP contribution < -0.4 is 10.6 Å². The third-order valence-electron chi connectivity index (χ3n) is 4.72. The number of carbonyl (C=O) groups is 1. The zero-order valence-corrected chi connectivity index (χ0v) is 14.4. The number of aromatic nitrogens is 1. The number of hydrogen-bond acceptors (Lipinski definition) is 5. The molecule has 3 unspecified atom stereocenters. The molecule has 0 spiro atoms. The molecule has 1 aromatic heterocycles. The summed E-state index contributed by atoms with van der Waals surface area (Å²) in [5, 5.41) is 10.0. The lowest BCUT2D eigenvalue weighted by molar-refractivity contribution is -0.155. The summed E-state index contributed by atoms with van der Waals surface area (Å²) in [5.41, 5.74) is 0.522. The van der Waals surface area contributed by atoms with Gasteiger partial charge in [-0.25, -0.2) is 0 Å². The second-order valence-corrected chi connectivity index (χ2v) is 7.61. The van der Waals surface area contributed by atoms with Gasteiger partial charge in [-0.3, -0.25) is 4.79 Å². The maximum Gasteiger partial charge on any atom is 0.452 e. The van der Waals surface area contributed by atoms with E-state index in [4.69, 9.17) is 0 Å². The quantitative estimate of drug-likeness (QED) is 0.846. The highest BCUT2D eigenvalue weighted by atomic mass is 32.2. The molecule has 0 saturated carbocycles. The lowest BCUT2D eigenvalue weighted by Crippen LogP contribution is -2.42. The first-order chi connectivity index (χ1) is 12.4. The van der Waals surface area contributed by atoms with Crippen LogP contribution >= 0.6 is 11.8 Å². The summed E-state index contributed by atoms with van der Waals surface area (Å²) < 4.78 is 41.8. The molecule has 2 aromatic rings. The zero-order valence-electron chi connectivity index (χ0n) is 13.5. The molecule has 3 heterocycles. The van der Waals surface area contributed by atoms with Gasteiger partial charge in [-0.1, -0.05) is 16.9 Å². The van der Waals surface area contributed by atoms with E-state index < -0.39 is 11.9 Å². The lowest BCUT2D eigenvalue weighted by atomic mass is 9.95. The Bertz CT molecular complexity index is 806. The number of rotatable bonds is 4. The molecule has 5 nitrogen and oxygen atoms in total. The molecule has 2 N–H and O–H groups in total. The molecule has 1 aromatic carbocycles. The van der Waals surface area contributed by atoms with Crippen molar-refractivity contribution in [3.8, 4) is 0 Å². The number of hydrogen-bond donors (Lipinski definition) is 2. The minimum absolute atomic E-state index is 0.114. The van der Waals surface area contributed by atoms with Crippen molar-refractivity contribution in [2.75, 3.05) is 0 Å². The summed E-state index contributed by atoms with van der Waals surface area (Å²) in [7, 11) is 0. The van der Waals surface area contributed by atoms with Gasteiger partial charge in [0.25, 0.3) is 5.91 Å². The number of halogens is 3. The van der Waals surface area contributed by atoms with Gasteiger partial charge in [0.2, 0.25) is 5.76 Å². The van der Waals surface area contributed by atoms with Crippen LogP contribution in [-0.2, 0) is 6.18 Å². The monoisotopic (exact) mass is 383 g/mol. The highest BCUT2D eigenvalue weighted by Gasteiger charge is 2.39. The first kappa shape index (κ1) is 17.4. The van der Waals surface area contributed by atoms with E-state index in [1.807, 2.05) is 0 Å². The normalized spacial score (nSPS) is 24.8. The number of amides is 1. The molecule has 0 radical (unpaired) electrons. The van der Waals surface area contributed by atoms with Crippen LogP contribution in [0, 0.1) is 0 Å². The summed E-state index contributed by atoms with van der Waals surface area (Å²) in [6.07, 6.45) is -1.34. The van der Waals surface area contributed by atoms with Crippen molar-refractivity contribution in [1.82, 2.24) is 15.8 Å². The Kier molecular flexibility index (Phi) is 4.44. The zero-order chi connectivity index (χ0) is 18.3. The van der Waals surface area contributed by atoms with E-state index >= 15 is 0 Å². The minimum atomic E-state index is -4.55. The molecule has 9 heteroatoms. The lowest BCUT2D eigenvalue weighted by Gasteiger charge is -2.21. The molecule has 0 aliphatic carbocycles. The molecule has 26 heavy (non-hydrogen) atoms. The number of alkyl halides is 3. The summed E-state index contributed by atoms with van der Waals surface area (Å²) in [5.74, 6) is -1.27. The van der Waals surface area contributed by atoms with Crippen molar-refractivity contribution in [2.24, 2.45) is 0 Å². The Morgan fingerprint density at radius 1 is 1.27 bits per heavy atom. The van der Waals surface area contributed by atoms with Gasteiger partial charge in [0, 0.05) is 34.7 Å². The minimum Gasteiger partial charge on any atom is -0.350 e. The topological polar surface area (TPSA) is 67.2 Å². The fraction of sp³-hybridized carbons (Fsp3) is 0.412. The van der Waals surface area contributed by atoms with E-state index in [1.54, 1.807) is 24.3 Å². The first-order valence-corrected chi connectivity index (χ1v) is 9.09. The van der Waals surface area contributed by atoms with Gasteiger partial charge in [0.15, 0.2) is 0 Å². The fourth-order valence-corrected chi connectivity index (χ4v) is 4.23. The van der Waals surface area contributed by atoms with Crippen LogP contribution in [0.25, 0.3) is 0 Å². The van der Waals surface area contributed by atoms with Crippen LogP contribution in [0.15, 0.2) is 44.8 Å². The molecule has 2 aliphatic rings. The molecule has 2 aliphatic heterocycles. The molecule has 2 fully saturated rings. The third kappa shape index (κ3) is 3.59. The van der Waals surface area contributed by atoms with Crippen molar-refractivity contribution >= 4 is 17.7 Å². The Morgan fingerprint density at radius 3 is 2.62 bits per heavy atom. The Balaban J connectivity index is 1.37. The molecular weight excluding hydrogens is 367 g/mol. The van der Waals surface area contributed by atoms with E-state index in [-0.39, 0.29) is 17.0 Å². The molecule has 1 amide bonds. The van der Waals surface area contributed by atoms with Crippen LogP contribution in [0.5, 0.6) is 0 Å². The molecule has 2 bridgehead atoms. The van der Waals surface area contributed by atoms with E-state index in [0.29, 0.717) is 22.5 Å². The van der Waals surface area contributed by atoms with Gasteiger partial charge in [0.05, 0.1) is 0 Å². The predicted octanol–water partition coefficient (Wildman–Crippen LogP) is 3.47. The largest absolute Gasteiger partial charge is 0.452 e. The average molecular weight is 383 g/mol. The highest BCUT2D eigenvalue weighted by molar-refractivity contribution is 7.99. The van der Waals surface area contributed by atoms with Gasteiger partial charge in [0.1, 0.15) is 5.03 Å². The SMILES string of the molecule is O=C(NC1CC2CCC1N2)c1ccc(Sc2cc(C(F)(F)F)on2)cc1. The van der Waals surface area contributed by atoms with Gasteiger partial charge in [-0.15, -0.1) is 0 Å². The smallest absolute Gasteiger partial charge is 0.350 e. The van der Waals surface area contributed by atoms with E-state index in [1.165, 1.54) is 6.42 Å². The Morgan fingerprint density at radius 2 is 2.04 bits per heavy atom. The number of benzene rings is 1. The van der Waals surface area contributed by atoms with E-state index in [0.717, 1.165) is 30.7 Å². The van der Waals surface area contributed by atoms with Gasteiger partial charge in [-0.2, -0.15) is 13.2 Å². The maximum absolute atomic E-state index is 12.5. The average Bonchev–Trinajstić information content (AvgIpc) is 3.31. The molecule has 2 saturated heterocycles. The van der Waals surface area contributed by atoms with E-state index in [2.05, 4.69) is 20.3 Å². The predicted molar refractivity (Wildman–Crippen MR) is 87.9 cm³/mol. The Hall–Kier alpha value is -2.00. The Labute approximate surface area is 151 Å². The molecular formula is C17H16F3N3O2S. The third-order valence-corrected chi connectivity index (χ3v) is 5.63. The van der Waals surface area contributed by atoms with Crippen molar-refractivity contribution in [3.05, 3.63) is 41.7 Å². The summed E-state index contributed by atoms with van der Waals surface area (Å²) in [4.78, 5) is 13.0. The highest BCUT2D eigenvalue weighted by Crippen LogP contribution is 2.34. The summed E-state index contributed by atoms with van der Waals surface area (Å²) in [6.45, 7) is 0. The second-order valence-electron chi connectivity index (χ2n) is 6.52. The number of nitrogens with one attached hydrogen (secondary N) is 2. The number of carbonyl (C=O) groups excluding carboxylic acids is 1. The van der Waals surface area contributed by atoms with Crippen LogP contribution in [-0.4, -0.2) is 29.2 Å². The van der Waals surface area contributed by atoms with Crippen molar-refractivity contribution < 1.29 is 22.5 Å². The number of nitrogens with zero attached hydrogens (tertiary/aromatic N) is 1. The standard InChI is InChI=1S/C17H16F3N3O2S/c18-17(19,20)14-8-15(23-25-14)26-11-4-1-9(2-5-11)16(24)22-13-7-10-3-6-12(13)21-10/h1-2,4-5,8,10,12-13,21H,3,6-7H2,(H,22,24). The summed E-state index contributed by atoms with van der Waals surface area (Å²) in [6, 6.07) is 8.55. The first-order valence-electron chi connectivity index (χ1n) is 8.27. The van der Waals surface area contributed by atoms with Crippen molar-refractivity contribution in [3.63, 3.8) is 0 Å². The summed E-state index contributed by atoms with van der Waals surface area (Å²) >= 11 is 1.04. The van der Waals surface area contributed by atoms with Crippen LogP contribution in [0.3, 0.4) is 0 Å².